The normalized spacial score (nSPS) is 9.30. The molecule has 0 bridgehead atoms. The van der Waals surface area contributed by atoms with Crippen molar-refractivity contribution in [3.63, 3.8) is 0 Å². The second kappa shape index (κ2) is 2.47. The molecular weight excluding hydrogens is 133 g/mol. The van der Waals surface area contributed by atoms with E-state index in [1.165, 1.54) is 12.4 Å². The summed E-state index contributed by atoms with van der Waals surface area (Å²) in [5.41, 5.74) is 0. The lowest BCUT2D eigenvalue weighted by molar-refractivity contribution is 0.0928. The zero-order chi connectivity index (χ0) is 7.56. The van der Waals surface area contributed by atoms with Crippen LogP contribution in [-0.2, 0) is 0 Å². The van der Waals surface area contributed by atoms with Crippen molar-refractivity contribution in [1.82, 2.24) is 4.57 Å². The minimum Gasteiger partial charge on any atom is -0.289 e. The molecule has 0 unspecified atom stereocenters. The fourth-order valence-corrected chi connectivity index (χ4v) is 0.610. The van der Waals surface area contributed by atoms with Crippen molar-refractivity contribution in [1.29, 1.82) is 0 Å². The van der Waals surface area contributed by atoms with Gasteiger partial charge in [0.05, 0.1) is 0 Å². The molecule has 0 atom stereocenters. The Balaban J connectivity index is 2.88. The van der Waals surface area contributed by atoms with E-state index in [9.17, 15) is 9.18 Å². The van der Waals surface area contributed by atoms with Crippen LogP contribution in [0.15, 0.2) is 36.9 Å². The molecule has 0 aliphatic heterocycles. The van der Waals surface area contributed by atoms with Gasteiger partial charge in [0.25, 0.3) is 5.91 Å². The van der Waals surface area contributed by atoms with Crippen LogP contribution in [0, 0.1) is 0 Å². The number of rotatable bonds is 1. The minimum absolute atomic E-state index is 0.718. The number of allylic oxidation sites excluding steroid dienone is 1. The van der Waals surface area contributed by atoms with Crippen molar-refractivity contribution in [2.24, 2.45) is 0 Å². The van der Waals surface area contributed by atoms with E-state index in [4.69, 9.17) is 0 Å². The molecule has 10 heavy (non-hydrogen) atoms. The van der Waals surface area contributed by atoms with Crippen LogP contribution < -0.4 is 0 Å². The van der Waals surface area contributed by atoms with Crippen LogP contribution in [0.5, 0.6) is 0 Å². The van der Waals surface area contributed by atoms with Crippen molar-refractivity contribution in [3.05, 3.63) is 36.9 Å². The molecule has 0 saturated carbocycles. The first-order valence-corrected chi connectivity index (χ1v) is 2.74. The van der Waals surface area contributed by atoms with Crippen molar-refractivity contribution in [2.75, 3.05) is 0 Å². The third kappa shape index (κ3) is 1.13. The molecule has 0 radical (unpaired) electrons. The molecule has 0 aromatic carbocycles. The van der Waals surface area contributed by atoms with Gasteiger partial charge in [-0.05, 0) is 12.1 Å². The Labute approximate surface area is 57.6 Å². The predicted octanol–water partition coefficient (Wildman–Crippen LogP) is 1.61. The van der Waals surface area contributed by atoms with Crippen molar-refractivity contribution in [2.45, 2.75) is 0 Å². The molecule has 0 N–H and O–H groups in total. The van der Waals surface area contributed by atoms with E-state index < -0.39 is 11.7 Å². The number of hydrogen-bond acceptors (Lipinski definition) is 1. The molecule has 1 heterocycles. The standard InChI is InChI=1S/C7H6FNO/c1-6(8)7(10)9-4-2-3-5-9/h2-5H,1H2. The lowest BCUT2D eigenvalue weighted by Gasteiger charge is -1.94. The maximum absolute atomic E-state index is 12.1. The van der Waals surface area contributed by atoms with Gasteiger partial charge in [-0.15, -0.1) is 0 Å². The van der Waals surface area contributed by atoms with Gasteiger partial charge in [0.1, 0.15) is 0 Å². The highest BCUT2D eigenvalue weighted by molar-refractivity contribution is 5.92. The first-order chi connectivity index (χ1) is 4.72. The highest BCUT2D eigenvalue weighted by Gasteiger charge is 2.05. The van der Waals surface area contributed by atoms with E-state index in [1.54, 1.807) is 12.1 Å². The summed E-state index contributed by atoms with van der Waals surface area (Å²) in [6.45, 7) is 2.87. The van der Waals surface area contributed by atoms with Gasteiger partial charge in [-0.2, -0.15) is 0 Å². The Morgan fingerprint density at radius 1 is 1.40 bits per heavy atom. The highest BCUT2D eigenvalue weighted by Crippen LogP contribution is 1.98. The zero-order valence-electron chi connectivity index (χ0n) is 5.25. The van der Waals surface area contributed by atoms with Crippen molar-refractivity contribution >= 4 is 5.91 Å². The average Bonchev–Trinajstić information content (AvgIpc) is 2.36. The van der Waals surface area contributed by atoms with Gasteiger partial charge in [-0.1, -0.05) is 6.58 Å². The molecular formula is C7H6FNO. The Hall–Kier alpha value is -1.38. The third-order valence-corrected chi connectivity index (χ3v) is 1.07. The summed E-state index contributed by atoms with van der Waals surface area (Å²) in [6.07, 6.45) is 2.93. The predicted molar refractivity (Wildman–Crippen MR) is 35.3 cm³/mol. The summed E-state index contributed by atoms with van der Waals surface area (Å²) in [6, 6.07) is 3.28. The van der Waals surface area contributed by atoms with Crippen LogP contribution in [-0.4, -0.2) is 10.5 Å². The van der Waals surface area contributed by atoms with Crippen molar-refractivity contribution in [3.8, 4) is 0 Å². The lowest BCUT2D eigenvalue weighted by Crippen LogP contribution is -2.06. The molecule has 0 amide bonds. The summed E-state index contributed by atoms with van der Waals surface area (Å²) in [5.74, 6) is -1.67. The molecule has 52 valence electrons. The number of carbonyl (C=O) groups is 1. The van der Waals surface area contributed by atoms with E-state index in [1.807, 2.05) is 0 Å². The number of nitrogens with zero attached hydrogens (tertiary/aromatic N) is 1. The minimum atomic E-state index is -0.948. The number of aromatic nitrogens is 1. The second-order valence-electron chi connectivity index (χ2n) is 1.80. The third-order valence-electron chi connectivity index (χ3n) is 1.07. The quantitative estimate of drug-likeness (QED) is 0.542. The zero-order valence-corrected chi connectivity index (χ0v) is 5.25. The Kier molecular flexibility index (Phi) is 1.67. The first-order valence-electron chi connectivity index (χ1n) is 2.74. The molecule has 0 aliphatic carbocycles. The van der Waals surface area contributed by atoms with E-state index in [2.05, 4.69) is 6.58 Å². The van der Waals surface area contributed by atoms with Gasteiger partial charge in [-0.25, -0.2) is 4.39 Å². The number of carbonyl (C=O) groups excluding carboxylic acids is 1. The van der Waals surface area contributed by atoms with E-state index in [-0.39, 0.29) is 0 Å². The van der Waals surface area contributed by atoms with Crippen LogP contribution in [0.4, 0.5) is 4.39 Å². The van der Waals surface area contributed by atoms with E-state index in [0.717, 1.165) is 4.57 Å². The Bertz CT molecular complexity index is 251. The lowest BCUT2D eigenvalue weighted by atomic mass is 10.5. The fraction of sp³-hybridized carbons (Fsp3) is 0. The van der Waals surface area contributed by atoms with Crippen molar-refractivity contribution < 1.29 is 9.18 Å². The average molecular weight is 139 g/mol. The summed E-state index contributed by atoms with van der Waals surface area (Å²) in [5, 5.41) is 0. The van der Waals surface area contributed by atoms with Gasteiger partial charge < -0.3 is 0 Å². The maximum Gasteiger partial charge on any atom is 0.289 e. The highest BCUT2D eigenvalue weighted by atomic mass is 19.1. The summed E-state index contributed by atoms with van der Waals surface area (Å²) in [4.78, 5) is 10.7. The van der Waals surface area contributed by atoms with Gasteiger partial charge in [0, 0.05) is 12.4 Å². The molecule has 2 nitrogen and oxygen atoms in total. The number of hydrogen-bond donors (Lipinski definition) is 0. The number of halogens is 1. The van der Waals surface area contributed by atoms with Crippen LogP contribution in [0.1, 0.15) is 4.79 Å². The summed E-state index contributed by atoms with van der Waals surface area (Å²) < 4.78 is 13.2. The molecule has 0 aliphatic rings. The summed E-state index contributed by atoms with van der Waals surface area (Å²) >= 11 is 0. The van der Waals surface area contributed by atoms with Crippen LogP contribution in [0.2, 0.25) is 0 Å². The van der Waals surface area contributed by atoms with Gasteiger partial charge in [0.2, 0.25) is 0 Å². The molecule has 1 rings (SSSR count). The van der Waals surface area contributed by atoms with Gasteiger partial charge >= 0.3 is 0 Å². The maximum atomic E-state index is 12.1. The molecule has 1 aromatic rings. The second-order valence-corrected chi connectivity index (χ2v) is 1.80. The Morgan fingerprint density at radius 2 is 1.90 bits per heavy atom. The van der Waals surface area contributed by atoms with Gasteiger partial charge in [-0.3, -0.25) is 9.36 Å². The smallest absolute Gasteiger partial charge is 0.289 e. The largest absolute Gasteiger partial charge is 0.289 e. The van der Waals surface area contributed by atoms with E-state index >= 15 is 0 Å². The molecule has 3 heteroatoms. The SMILES string of the molecule is C=C(F)C(=O)n1cccc1. The van der Waals surface area contributed by atoms with Crippen LogP contribution in [0.25, 0.3) is 0 Å². The monoisotopic (exact) mass is 139 g/mol. The van der Waals surface area contributed by atoms with Crippen LogP contribution >= 0.6 is 0 Å². The Morgan fingerprint density at radius 3 is 2.30 bits per heavy atom. The van der Waals surface area contributed by atoms with E-state index in [0.29, 0.717) is 0 Å². The fourth-order valence-electron chi connectivity index (χ4n) is 0.610. The topological polar surface area (TPSA) is 22.0 Å². The summed E-state index contributed by atoms with van der Waals surface area (Å²) in [7, 11) is 0. The molecule has 1 aromatic heterocycles. The van der Waals surface area contributed by atoms with Gasteiger partial charge in [0.15, 0.2) is 5.83 Å². The molecule has 0 spiro atoms. The molecule has 0 fully saturated rings. The van der Waals surface area contributed by atoms with Crippen LogP contribution in [0.3, 0.4) is 0 Å². The first kappa shape index (κ1) is 6.74. The molecule has 0 saturated heterocycles.